The highest BCUT2D eigenvalue weighted by Gasteiger charge is 2.15. The average Bonchev–Trinajstić information content (AvgIpc) is 3.00. The third-order valence-corrected chi connectivity index (χ3v) is 4.62. The number of carbonyl (C=O) groups is 1. The molecule has 122 valence electrons. The van der Waals surface area contributed by atoms with E-state index < -0.39 is 0 Å². The molecule has 0 unspecified atom stereocenters. The molecular formula is C18H24N4O. The molecule has 0 atom stereocenters. The smallest absolute Gasteiger partial charge is 0.224 e. The predicted molar refractivity (Wildman–Crippen MR) is 90.9 cm³/mol. The number of rotatable bonds is 5. The van der Waals surface area contributed by atoms with Crippen molar-refractivity contribution in [3.05, 3.63) is 30.6 Å². The summed E-state index contributed by atoms with van der Waals surface area (Å²) >= 11 is 0. The molecule has 1 fully saturated rings. The molecule has 1 aliphatic rings. The molecule has 1 saturated carbocycles. The summed E-state index contributed by atoms with van der Waals surface area (Å²) in [6.07, 6.45) is 9.87. The molecule has 0 spiro atoms. The Morgan fingerprint density at radius 3 is 2.87 bits per heavy atom. The van der Waals surface area contributed by atoms with E-state index in [1.165, 1.54) is 32.1 Å². The molecule has 1 heterocycles. The lowest BCUT2D eigenvalue weighted by atomic mass is 9.86. The molecule has 0 saturated heterocycles. The van der Waals surface area contributed by atoms with Crippen LogP contribution in [0.2, 0.25) is 0 Å². The van der Waals surface area contributed by atoms with Gasteiger partial charge < -0.3 is 9.88 Å². The van der Waals surface area contributed by atoms with E-state index in [0.717, 1.165) is 29.4 Å². The maximum absolute atomic E-state index is 12.2. The van der Waals surface area contributed by atoms with Crippen molar-refractivity contribution in [1.82, 2.24) is 14.8 Å². The number of hydrogen-bond acceptors (Lipinski definition) is 3. The quantitative estimate of drug-likeness (QED) is 0.914. The van der Waals surface area contributed by atoms with E-state index in [-0.39, 0.29) is 5.91 Å². The number of anilines is 1. The third kappa shape index (κ3) is 4.18. The van der Waals surface area contributed by atoms with Gasteiger partial charge in [-0.1, -0.05) is 44.2 Å². The maximum Gasteiger partial charge on any atom is 0.224 e. The monoisotopic (exact) mass is 312 g/mol. The van der Waals surface area contributed by atoms with Crippen LogP contribution in [0.25, 0.3) is 11.4 Å². The van der Waals surface area contributed by atoms with Gasteiger partial charge in [-0.05, 0) is 24.5 Å². The first-order valence-corrected chi connectivity index (χ1v) is 8.46. The average molecular weight is 312 g/mol. The second-order valence-corrected chi connectivity index (χ2v) is 6.44. The summed E-state index contributed by atoms with van der Waals surface area (Å²) in [6, 6.07) is 7.77. The minimum atomic E-state index is 0.102. The van der Waals surface area contributed by atoms with Crippen molar-refractivity contribution in [3.63, 3.8) is 0 Å². The van der Waals surface area contributed by atoms with Crippen molar-refractivity contribution in [3.8, 4) is 11.4 Å². The highest BCUT2D eigenvalue weighted by atomic mass is 16.1. The van der Waals surface area contributed by atoms with Gasteiger partial charge in [0.05, 0.1) is 0 Å². The Morgan fingerprint density at radius 1 is 1.30 bits per heavy atom. The van der Waals surface area contributed by atoms with Gasteiger partial charge in [-0.25, -0.2) is 0 Å². The van der Waals surface area contributed by atoms with E-state index >= 15 is 0 Å². The first-order valence-electron chi connectivity index (χ1n) is 8.46. The van der Waals surface area contributed by atoms with Gasteiger partial charge in [0.15, 0.2) is 5.82 Å². The fourth-order valence-electron chi connectivity index (χ4n) is 3.32. The van der Waals surface area contributed by atoms with Crippen LogP contribution in [0.1, 0.15) is 44.9 Å². The predicted octanol–water partition coefficient (Wildman–Crippen LogP) is 3.78. The second-order valence-electron chi connectivity index (χ2n) is 6.44. The van der Waals surface area contributed by atoms with Gasteiger partial charge in [0.2, 0.25) is 5.91 Å². The van der Waals surface area contributed by atoms with Gasteiger partial charge >= 0.3 is 0 Å². The third-order valence-electron chi connectivity index (χ3n) is 4.62. The van der Waals surface area contributed by atoms with Crippen LogP contribution < -0.4 is 5.32 Å². The molecule has 5 heteroatoms. The molecule has 0 radical (unpaired) electrons. The second kappa shape index (κ2) is 7.40. The van der Waals surface area contributed by atoms with Gasteiger partial charge in [-0.2, -0.15) is 0 Å². The standard InChI is InChI=1S/C18H24N4O/c1-22-13-19-21-18(22)15-8-5-9-16(12-15)20-17(23)11-10-14-6-3-2-4-7-14/h5,8-9,12-14H,2-4,6-7,10-11H2,1H3,(H,20,23). The summed E-state index contributed by atoms with van der Waals surface area (Å²) in [6.45, 7) is 0. The number of benzene rings is 1. The van der Waals surface area contributed by atoms with Gasteiger partial charge in [0, 0.05) is 24.7 Å². The van der Waals surface area contributed by atoms with Crippen LogP contribution in [0, 0.1) is 5.92 Å². The lowest BCUT2D eigenvalue weighted by molar-refractivity contribution is -0.116. The van der Waals surface area contributed by atoms with Crippen LogP contribution in [0.15, 0.2) is 30.6 Å². The fraction of sp³-hybridized carbons (Fsp3) is 0.500. The van der Waals surface area contributed by atoms with Crippen molar-refractivity contribution in [2.24, 2.45) is 13.0 Å². The Hall–Kier alpha value is -2.17. The minimum Gasteiger partial charge on any atom is -0.326 e. The highest BCUT2D eigenvalue weighted by molar-refractivity contribution is 5.91. The lowest BCUT2D eigenvalue weighted by Crippen LogP contribution is -2.14. The molecule has 2 aromatic rings. The molecule has 1 aromatic carbocycles. The first-order chi connectivity index (χ1) is 11.2. The van der Waals surface area contributed by atoms with Crippen LogP contribution in [0.4, 0.5) is 5.69 Å². The van der Waals surface area contributed by atoms with Crippen LogP contribution in [-0.2, 0) is 11.8 Å². The maximum atomic E-state index is 12.2. The zero-order valence-electron chi connectivity index (χ0n) is 13.7. The number of carbonyl (C=O) groups excluding carboxylic acids is 1. The van der Waals surface area contributed by atoms with Crippen LogP contribution in [0.5, 0.6) is 0 Å². The normalized spacial score (nSPS) is 15.5. The Bertz CT molecular complexity index is 659. The Labute approximate surface area is 137 Å². The molecule has 3 rings (SSSR count). The number of nitrogens with one attached hydrogen (secondary N) is 1. The summed E-state index contributed by atoms with van der Waals surface area (Å²) in [7, 11) is 1.91. The molecule has 1 aliphatic carbocycles. The van der Waals surface area contributed by atoms with Crippen LogP contribution in [0.3, 0.4) is 0 Å². The largest absolute Gasteiger partial charge is 0.326 e. The van der Waals surface area contributed by atoms with E-state index in [1.54, 1.807) is 6.33 Å². The number of aryl methyl sites for hydroxylation is 1. The fourth-order valence-corrected chi connectivity index (χ4v) is 3.32. The van der Waals surface area contributed by atoms with Crippen molar-refractivity contribution >= 4 is 11.6 Å². The van der Waals surface area contributed by atoms with E-state index in [9.17, 15) is 4.79 Å². The van der Waals surface area contributed by atoms with Gasteiger partial charge in [0.1, 0.15) is 6.33 Å². The topological polar surface area (TPSA) is 59.8 Å². The number of amides is 1. The number of nitrogens with zero attached hydrogens (tertiary/aromatic N) is 3. The van der Waals surface area contributed by atoms with E-state index in [2.05, 4.69) is 15.5 Å². The van der Waals surface area contributed by atoms with Crippen LogP contribution in [-0.4, -0.2) is 20.7 Å². The molecular weight excluding hydrogens is 288 g/mol. The number of aromatic nitrogens is 3. The lowest BCUT2D eigenvalue weighted by Gasteiger charge is -2.21. The Kier molecular flexibility index (Phi) is 5.05. The van der Waals surface area contributed by atoms with Crippen molar-refractivity contribution in [2.75, 3.05) is 5.32 Å². The van der Waals surface area contributed by atoms with Crippen LogP contribution >= 0.6 is 0 Å². The van der Waals surface area contributed by atoms with E-state index in [1.807, 2.05) is 35.9 Å². The molecule has 5 nitrogen and oxygen atoms in total. The van der Waals surface area contributed by atoms with Crippen molar-refractivity contribution < 1.29 is 4.79 Å². The number of hydrogen-bond donors (Lipinski definition) is 1. The van der Waals surface area contributed by atoms with Gasteiger partial charge in [-0.15, -0.1) is 10.2 Å². The zero-order valence-corrected chi connectivity index (χ0v) is 13.7. The highest BCUT2D eigenvalue weighted by Crippen LogP contribution is 2.27. The molecule has 0 bridgehead atoms. The van der Waals surface area contributed by atoms with E-state index in [4.69, 9.17) is 0 Å². The Morgan fingerprint density at radius 2 is 2.13 bits per heavy atom. The zero-order chi connectivity index (χ0) is 16.1. The summed E-state index contributed by atoms with van der Waals surface area (Å²) in [5, 5.41) is 11.0. The molecule has 1 amide bonds. The summed E-state index contributed by atoms with van der Waals surface area (Å²) < 4.78 is 1.87. The molecule has 0 aliphatic heterocycles. The molecule has 23 heavy (non-hydrogen) atoms. The Balaban J connectivity index is 1.57. The van der Waals surface area contributed by atoms with Crippen molar-refractivity contribution in [2.45, 2.75) is 44.9 Å². The molecule has 1 N–H and O–H groups in total. The van der Waals surface area contributed by atoms with Crippen molar-refractivity contribution in [1.29, 1.82) is 0 Å². The minimum absolute atomic E-state index is 0.102. The summed E-state index contributed by atoms with van der Waals surface area (Å²) in [4.78, 5) is 12.2. The summed E-state index contributed by atoms with van der Waals surface area (Å²) in [5.74, 6) is 1.63. The first kappa shape index (κ1) is 15.7. The SMILES string of the molecule is Cn1cnnc1-c1cccc(NC(=O)CCC2CCCCC2)c1. The van der Waals surface area contributed by atoms with Gasteiger partial charge in [0.25, 0.3) is 0 Å². The van der Waals surface area contributed by atoms with E-state index in [0.29, 0.717) is 6.42 Å². The summed E-state index contributed by atoms with van der Waals surface area (Å²) in [5.41, 5.74) is 1.77. The molecule has 1 aromatic heterocycles. The van der Waals surface area contributed by atoms with Gasteiger partial charge in [-0.3, -0.25) is 4.79 Å².